The summed E-state index contributed by atoms with van der Waals surface area (Å²) in [6, 6.07) is 0. The molecule has 136 valence electrons. The lowest BCUT2D eigenvalue weighted by molar-refractivity contribution is -0.142. The van der Waals surface area contributed by atoms with Gasteiger partial charge in [-0.1, -0.05) is 31.5 Å². The van der Waals surface area contributed by atoms with Crippen LogP contribution >= 0.6 is 23.1 Å². The molecule has 0 saturated carbocycles. The molecule has 0 aliphatic heterocycles. The average Bonchev–Trinajstić information content (AvgIpc) is 2.97. The Morgan fingerprint density at radius 3 is 2.96 bits per heavy atom. The summed E-state index contributed by atoms with van der Waals surface area (Å²) in [4.78, 5) is 34.1. The molecule has 0 unspecified atom stereocenters. The van der Waals surface area contributed by atoms with Gasteiger partial charge in [0.05, 0.1) is 12.0 Å². The van der Waals surface area contributed by atoms with E-state index in [9.17, 15) is 9.59 Å². The Balaban J connectivity index is 1.71. The van der Waals surface area contributed by atoms with E-state index >= 15 is 0 Å². The van der Waals surface area contributed by atoms with E-state index in [0.29, 0.717) is 11.8 Å². The molecule has 2 aromatic heterocycles. The Labute approximate surface area is 155 Å². The maximum atomic E-state index is 12.5. The van der Waals surface area contributed by atoms with Crippen molar-refractivity contribution >= 4 is 39.3 Å². The zero-order valence-corrected chi connectivity index (χ0v) is 16.4. The minimum absolute atomic E-state index is 0.0876. The third-order valence-corrected chi connectivity index (χ3v) is 6.56. The number of rotatable bonds is 7. The number of aromatic amines is 1. The molecule has 2 aromatic rings. The van der Waals surface area contributed by atoms with Gasteiger partial charge in [-0.2, -0.15) is 0 Å². The second-order valence-electron chi connectivity index (χ2n) is 6.40. The van der Waals surface area contributed by atoms with Crippen LogP contribution in [-0.2, 0) is 22.4 Å². The third-order valence-electron chi connectivity index (χ3n) is 4.42. The Morgan fingerprint density at radius 1 is 1.36 bits per heavy atom. The number of esters is 1. The molecule has 1 aliphatic rings. The van der Waals surface area contributed by atoms with Crippen LogP contribution in [0.3, 0.4) is 0 Å². The number of thiophene rings is 1. The highest BCUT2D eigenvalue weighted by molar-refractivity contribution is 8.00. The summed E-state index contributed by atoms with van der Waals surface area (Å²) in [5.74, 6) is -0.255. The van der Waals surface area contributed by atoms with E-state index in [2.05, 4.69) is 16.9 Å². The Hall–Kier alpha value is -1.34. The molecule has 0 saturated heterocycles. The number of hydrogen-bond acceptors (Lipinski definition) is 6. The van der Waals surface area contributed by atoms with E-state index in [-0.39, 0.29) is 11.5 Å². The quantitative estimate of drug-likeness (QED) is 0.339. The van der Waals surface area contributed by atoms with Crippen LogP contribution < -0.4 is 5.56 Å². The van der Waals surface area contributed by atoms with E-state index in [1.165, 1.54) is 28.6 Å². The van der Waals surface area contributed by atoms with Crippen LogP contribution in [0.15, 0.2) is 9.95 Å². The second-order valence-corrected chi connectivity index (χ2v) is 8.81. The molecule has 5 nitrogen and oxygen atoms in total. The SMILES string of the molecule is CCCCCOC(=O)[C@@H](C)Sc1nc2sc3c(c2c(=O)[nH]1)CCCC3. The highest BCUT2D eigenvalue weighted by Gasteiger charge is 2.22. The number of carbonyl (C=O) groups excluding carboxylic acids is 1. The molecule has 0 spiro atoms. The van der Waals surface area contributed by atoms with Crippen LogP contribution in [0, 0.1) is 0 Å². The highest BCUT2D eigenvalue weighted by atomic mass is 32.2. The fraction of sp³-hybridized carbons (Fsp3) is 0.611. The molecule has 3 rings (SSSR count). The Kier molecular flexibility index (Phi) is 6.17. The molecule has 1 N–H and O–H groups in total. The summed E-state index contributed by atoms with van der Waals surface area (Å²) in [6.45, 7) is 4.36. The molecule has 2 heterocycles. The third kappa shape index (κ3) is 4.26. The van der Waals surface area contributed by atoms with Crippen LogP contribution in [0.4, 0.5) is 0 Å². The number of nitrogens with one attached hydrogen (secondary N) is 1. The predicted octanol–water partition coefficient (Wildman–Crippen LogP) is 4.08. The lowest BCUT2D eigenvalue weighted by Gasteiger charge is -2.11. The van der Waals surface area contributed by atoms with Gasteiger partial charge >= 0.3 is 5.97 Å². The Morgan fingerprint density at radius 2 is 2.16 bits per heavy atom. The molecule has 7 heteroatoms. The van der Waals surface area contributed by atoms with Gasteiger partial charge in [0.2, 0.25) is 0 Å². The first-order valence-electron chi connectivity index (χ1n) is 8.98. The van der Waals surface area contributed by atoms with E-state index < -0.39 is 5.25 Å². The van der Waals surface area contributed by atoms with E-state index in [0.717, 1.165) is 48.7 Å². The first-order chi connectivity index (χ1) is 12.1. The minimum Gasteiger partial charge on any atom is -0.465 e. The van der Waals surface area contributed by atoms with Gasteiger partial charge in [-0.15, -0.1) is 11.3 Å². The fourth-order valence-corrected chi connectivity index (χ4v) is 5.17. The number of nitrogens with zero attached hydrogens (tertiary/aromatic N) is 1. The number of ether oxygens (including phenoxy) is 1. The van der Waals surface area contributed by atoms with Crippen LogP contribution in [-0.4, -0.2) is 27.8 Å². The van der Waals surface area contributed by atoms with Gasteiger partial charge in [-0.05, 0) is 44.6 Å². The van der Waals surface area contributed by atoms with Gasteiger partial charge in [-0.25, -0.2) is 4.98 Å². The molecule has 0 fully saturated rings. The van der Waals surface area contributed by atoms with Gasteiger partial charge in [-0.3, -0.25) is 9.59 Å². The topological polar surface area (TPSA) is 72.0 Å². The van der Waals surface area contributed by atoms with Crippen LogP contribution in [0.25, 0.3) is 10.2 Å². The lowest BCUT2D eigenvalue weighted by atomic mass is 9.97. The van der Waals surface area contributed by atoms with Crippen molar-refractivity contribution in [2.24, 2.45) is 0 Å². The number of H-pyrrole nitrogens is 1. The minimum atomic E-state index is -0.392. The molecule has 1 aliphatic carbocycles. The molecular formula is C18H24N2O3S2. The summed E-state index contributed by atoms with van der Waals surface area (Å²) in [6.07, 6.45) is 7.37. The number of carbonyl (C=O) groups is 1. The van der Waals surface area contributed by atoms with Crippen molar-refractivity contribution in [1.82, 2.24) is 9.97 Å². The highest BCUT2D eigenvalue weighted by Crippen LogP contribution is 2.34. The van der Waals surface area contributed by atoms with E-state index in [1.54, 1.807) is 18.3 Å². The van der Waals surface area contributed by atoms with Crippen molar-refractivity contribution < 1.29 is 9.53 Å². The summed E-state index contributed by atoms with van der Waals surface area (Å²) >= 11 is 2.88. The standard InChI is InChI=1S/C18H24N2O3S2/c1-3-4-7-10-23-17(22)11(2)24-18-19-15(21)14-12-8-5-6-9-13(12)25-16(14)20-18/h11H,3-10H2,1-2H3,(H,19,20,21)/t11-/m1/s1. The van der Waals surface area contributed by atoms with Gasteiger partial charge in [0, 0.05) is 4.88 Å². The number of fused-ring (bicyclic) bond motifs is 3. The Bertz CT molecular complexity index is 812. The normalized spacial score (nSPS) is 15.1. The fourth-order valence-electron chi connectivity index (χ4n) is 3.06. The van der Waals surface area contributed by atoms with Gasteiger partial charge in [0.1, 0.15) is 10.1 Å². The molecular weight excluding hydrogens is 356 g/mol. The van der Waals surface area contributed by atoms with Crippen molar-refractivity contribution in [2.75, 3.05) is 6.61 Å². The van der Waals surface area contributed by atoms with Gasteiger partial charge < -0.3 is 9.72 Å². The summed E-state index contributed by atoms with van der Waals surface area (Å²) in [5.41, 5.74) is 1.09. The van der Waals surface area contributed by atoms with E-state index in [1.807, 2.05) is 0 Å². The van der Waals surface area contributed by atoms with Crippen LogP contribution in [0.5, 0.6) is 0 Å². The maximum absolute atomic E-state index is 12.5. The largest absolute Gasteiger partial charge is 0.465 e. The van der Waals surface area contributed by atoms with Crippen molar-refractivity contribution in [3.8, 4) is 0 Å². The zero-order valence-electron chi connectivity index (χ0n) is 14.7. The van der Waals surface area contributed by atoms with Gasteiger partial charge in [0.25, 0.3) is 5.56 Å². The van der Waals surface area contributed by atoms with Gasteiger partial charge in [0.15, 0.2) is 5.16 Å². The summed E-state index contributed by atoms with van der Waals surface area (Å²) in [7, 11) is 0. The molecule has 0 radical (unpaired) electrons. The van der Waals surface area contributed by atoms with Crippen molar-refractivity contribution in [3.63, 3.8) is 0 Å². The number of hydrogen-bond donors (Lipinski definition) is 1. The number of thioether (sulfide) groups is 1. The maximum Gasteiger partial charge on any atom is 0.319 e. The number of unbranched alkanes of at least 4 members (excludes halogenated alkanes) is 2. The number of aromatic nitrogens is 2. The molecule has 1 atom stereocenters. The van der Waals surface area contributed by atoms with Crippen molar-refractivity contribution in [3.05, 3.63) is 20.8 Å². The van der Waals surface area contributed by atoms with Crippen molar-refractivity contribution in [2.45, 2.75) is 69.2 Å². The zero-order chi connectivity index (χ0) is 17.8. The predicted molar refractivity (Wildman–Crippen MR) is 103 cm³/mol. The summed E-state index contributed by atoms with van der Waals surface area (Å²) in [5, 5.41) is 0.852. The van der Waals surface area contributed by atoms with Crippen LogP contribution in [0.1, 0.15) is 56.4 Å². The monoisotopic (exact) mass is 380 g/mol. The lowest BCUT2D eigenvalue weighted by Crippen LogP contribution is -2.19. The smallest absolute Gasteiger partial charge is 0.319 e. The number of aryl methyl sites for hydroxylation is 2. The first kappa shape index (κ1) is 18.5. The average molecular weight is 381 g/mol. The van der Waals surface area contributed by atoms with E-state index in [4.69, 9.17) is 4.74 Å². The molecule has 0 bridgehead atoms. The van der Waals surface area contributed by atoms with Crippen molar-refractivity contribution in [1.29, 1.82) is 0 Å². The molecule has 0 amide bonds. The molecule has 25 heavy (non-hydrogen) atoms. The second kappa shape index (κ2) is 8.36. The summed E-state index contributed by atoms with van der Waals surface area (Å²) < 4.78 is 5.29. The molecule has 0 aromatic carbocycles. The van der Waals surface area contributed by atoms with Crippen LogP contribution in [0.2, 0.25) is 0 Å². The first-order valence-corrected chi connectivity index (χ1v) is 10.7.